The molecule has 0 aliphatic carbocycles. The van der Waals surface area contributed by atoms with Crippen LogP contribution < -0.4 is 0 Å². The number of nitrogens with zero attached hydrogens (tertiary/aromatic N) is 1. The number of aromatic nitrogens is 2. The molecule has 0 unspecified atom stereocenters. The van der Waals surface area contributed by atoms with Gasteiger partial charge in [-0.2, -0.15) is 0 Å². The predicted molar refractivity (Wildman–Crippen MR) is 66.3 cm³/mol. The Morgan fingerprint density at radius 2 is 1.94 bits per heavy atom. The maximum absolute atomic E-state index is 4.31. The zero-order chi connectivity index (χ0) is 11.0. The minimum atomic E-state index is 1.04. The zero-order valence-corrected chi connectivity index (χ0v) is 9.07. The molecule has 1 aromatic carbocycles. The maximum Gasteiger partial charge on any atom is 0.0480 e. The Balaban J connectivity index is 2.15. The van der Waals surface area contributed by atoms with Crippen LogP contribution in [-0.2, 0) is 0 Å². The van der Waals surface area contributed by atoms with Crippen LogP contribution in [0, 0.1) is 6.92 Å². The van der Waals surface area contributed by atoms with Crippen molar-refractivity contribution in [2.75, 3.05) is 0 Å². The molecule has 0 atom stereocenters. The Hall–Kier alpha value is -2.09. The number of hydrogen-bond donors (Lipinski definition) is 1. The van der Waals surface area contributed by atoms with Crippen molar-refractivity contribution in [3.05, 3.63) is 54.4 Å². The largest absolute Gasteiger partial charge is 0.354 e. The van der Waals surface area contributed by atoms with Gasteiger partial charge in [-0.3, -0.25) is 4.98 Å². The second-order valence-electron chi connectivity index (χ2n) is 3.96. The molecule has 0 saturated carbocycles. The van der Waals surface area contributed by atoms with Gasteiger partial charge in [0.15, 0.2) is 0 Å². The molecule has 2 aromatic heterocycles. The number of H-pyrrole nitrogens is 1. The van der Waals surface area contributed by atoms with Crippen LogP contribution in [0.2, 0.25) is 0 Å². The summed E-state index contributed by atoms with van der Waals surface area (Å²) in [5, 5.41) is 1.23. The first-order valence-corrected chi connectivity index (χ1v) is 5.34. The molecule has 0 radical (unpaired) electrons. The molecule has 0 fully saturated rings. The molecule has 1 N–H and O–H groups in total. The Kier molecular flexibility index (Phi) is 2.00. The van der Waals surface area contributed by atoms with E-state index in [1.54, 1.807) is 0 Å². The number of fused-ring (bicyclic) bond motifs is 1. The normalized spacial score (nSPS) is 10.8. The lowest BCUT2D eigenvalue weighted by molar-refractivity contribution is 1.20. The number of rotatable bonds is 1. The highest BCUT2D eigenvalue weighted by Crippen LogP contribution is 2.23. The second kappa shape index (κ2) is 3.49. The van der Waals surface area contributed by atoms with Crippen LogP contribution in [0.25, 0.3) is 22.2 Å². The minimum Gasteiger partial charge on any atom is -0.354 e. The van der Waals surface area contributed by atoms with Crippen LogP contribution >= 0.6 is 0 Å². The highest BCUT2D eigenvalue weighted by Gasteiger charge is 2.02. The summed E-state index contributed by atoms with van der Waals surface area (Å²) >= 11 is 0. The summed E-state index contributed by atoms with van der Waals surface area (Å²) in [5.74, 6) is 0. The summed E-state index contributed by atoms with van der Waals surface area (Å²) in [6.45, 7) is 2.00. The SMILES string of the molecule is Cc1ccc(-c2cc3ccccc3[nH]2)cn1. The number of para-hydroxylation sites is 1. The molecule has 78 valence electrons. The predicted octanol–water partition coefficient (Wildman–Crippen LogP) is 3.54. The third-order valence-electron chi connectivity index (χ3n) is 2.75. The molecule has 0 aliphatic heterocycles. The molecule has 0 bridgehead atoms. The summed E-state index contributed by atoms with van der Waals surface area (Å²) in [7, 11) is 0. The van der Waals surface area contributed by atoms with Crippen LogP contribution in [0.5, 0.6) is 0 Å². The van der Waals surface area contributed by atoms with E-state index in [9.17, 15) is 0 Å². The van der Waals surface area contributed by atoms with E-state index in [4.69, 9.17) is 0 Å². The van der Waals surface area contributed by atoms with Crippen molar-refractivity contribution >= 4 is 10.9 Å². The van der Waals surface area contributed by atoms with Crippen molar-refractivity contribution in [3.8, 4) is 11.3 Å². The van der Waals surface area contributed by atoms with Gasteiger partial charge in [-0.15, -0.1) is 0 Å². The van der Waals surface area contributed by atoms with Crippen molar-refractivity contribution in [2.45, 2.75) is 6.92 Å². The van der Waals surface area contributed by atoms with E-state index in [0.29, 0.717) is 0 Å². The number of pyridine rings is 1. The monoisotopic (exact) mass is 208 g/mol. The first kappa shape index (κ1) is 9.16. The van der Waals surface area contributed by atoms with Gasteiger partial charge in [-0.1, -0.05) is 18.2 Å². The van der Waals surface area contributed by atoms with Crippen molar-refractivity contribution in [2.24, 2.45) is 0 Å². The van der Waals surface area contributed by atoms with Crippen molar-refractivity contribution in [1.82, 2.24) is 9.97 Å². The third-order valence-corrected chi connectivity index (χ3v) is 2.75. The molecule has 2 nitrogen and oxygen atoms in total. The maximum atomic E-state index is 4.31. The molecule has 0 amide bonds. The topological polar surface area (TPSA) is 28.7 Å². The van der Waals surface area contributed by atoms with E-state index in [1.807, 2.05) is 31.3 Å². The number of aromatic amines is 1. The van der Waals surface area contributed by atoms with Gasteiger partial charge in [0.05, 0.1) is 0 Å². The van der Waals surface area contributed by atoms with Crippen LogP contribution in [-0.4, -0.2) is 9.97 Å². The van der Waals surface area contributed by atoms with Gasteiger partial charge in [0.1, 0.15) is 0 Å². The number of aryl methyl sites for hydroxylation is 1. The number of benzene rings is 1. The standard InChI is InChI=1S/C14H12N2/c1-10-6-7-12(9-15-10)14-8-11-4-2-3-5-13(11)16-14/h2-9,16H,1H3. The van der Waals surface area contributed by atoms with E-state index < -0.39 is 0 Å². The molecule has 0 spiro atoms. The summed E-state index contributed by atoms with van der Waals surface area (Å²) < 4.78 is 0. The molecule has 3 rings (SSSR count). The summed E-state index contributed by atoms with van der Waals surface area (Å²) in [6, 6.07) is 14.6. The highest BCUT2D eigenvalue weighted by atomic mass is 14.7. The lowest BCUT2D eigenvalue weighted by Crippen LogP contribution is -1.82. The Bertz CT molecular complexity index is 588. The van der Waals surface area contributed by atoms with Gasteiger partial charge >= 0.3 is 0 Å². The number of nitrogens with one attached hydrogen (secondary N) is 1. The Labute approximate surface area is 94.0 Å². The van der Waals surface area contributed by atoms with Crippen LogP contribution in [0.3, 0.4) is 0 Å². The van der Waals surface area contributed by atoms with Crippen LogP contribution in [0.15, 0.2) is 48.7 Å². The van der Waals surface area contributed by atoms with E-state index >= 15 is 0 Å². The van der Waals surface area contributed by atoms with Gasteiger partial charge in [0.2, 0.25) is 0 Å². The van der Waals surface area contributed by atoms with E-state index in [1.165, 1.54) is 5.39 Å². The molecule has 2 heterocycles. The average Bonchev–Trinajstić information content (AvgIpc) is 2.73. The lowest BCUT2D eigenvalue weighted by atomic mass is 10.2. The molecule has 0 aliphatic rings. The van der Waals surface area contributed by atoms with Gasteiger partial charge in [0, 0.05) is 34.1 Å². The Morgan fingerprint density at radius 3 is 2.69 bits per heavy atom. The summed E-state index contributed by atoms with van der Waals surface area (Å²) in [6.07, 6.45) is 1.90. The molecule has 2 heteroatoms. The van der Waals surface area contributed by atoms with Gasteiger partial charge in [-0.05, 0) is 31.2 Å². The van der Waals surface area contributed by atoms with Crippen LogP contribution in [0.1, 0.15) is 5.69 Å². The van der Waals surface area contributed by atoms with Crippen molar-refractivity contribution < 1.29 is 0 Å². The van der Waals surface area contributed by atoms with Crippen LogP contribution in [0.4, 0.5) is 0 Å². The van der Waals surface area contributed by atoms with Gasteiger partial charge in [0.25, 0.3) is 0 Å². The second-order valence-corrected chi connectivity index (χ2v) is 3.96. The fourth-order valence-electron chi connectivity index (χ4n) is 1.86. The summed E-state index contributed by atoms with van der Waals surface area (Å²) in [5.41, 5.74) is 4.45. The smallest absolute Gasteiger partial charge is 0.0480 e. The third kappa shape index (κ3) is 1.48. The zero-order valence-electron chi connectivity index (χ0n) is 9.07. The van der Waals surface area contributed by atoms with E-state index in [0.717, 1.165) is 22.5 Å². The summed E-state index contributed by atoms with van der Waals surface area (Å²) in [4.78, 5) is 7.70. The van der Waals surface area contributed by atoms with E-state index in [-0.39, 0.29) is 0 Å². The molecule has 16 heavy (non-hydrogen) atoms. The molecule has 0 saturated heterocycles. The lowest BCUT2D eigenvalue weighted by Gasteiger charge is -1.97. The van der Waals surface area contributed by atoms with Gasteiger partial charge < -0.3 is 4.98 Å². The minimum absolute atomic E-state index is 1.04. The molecule has 3 aromatic rings. The molecular weight excluding hydrogens is 196 g/mol. The molecular formula is C14H12N2. The fraction of sp³-hybridized carbons (Fsp3) is 0.0714. The first-order chi connectivity index (χ1) is 7.83. The average molecular weight is 208 g/mol. The fourth-order valence-corrected chi connectivity index (χ4v) is 1.86. The quantitative estimate of drug-likeness (QED) is 0.651. The first-order valence-electron chi connectivity index (χ1n) is 5.34. The van der Waals surface area contributed by atoms with E-state index in [2.05, 4.69) is 34.2 Å². The van der Waals surface area contributed by atoms with Gasteiger partial charge in [-0.25, -0.2) is 0 Å². The van der Waals surface area contributed by atoms with Crippen molar-refractivity contribution in [1.29, 1.82) is 0 Å². The van der Waals surface area contributed by atoms with Crippen molar-refractivity contribution in [3.63, 3.8) is 0 Å². The Morgan fingerprint density at radius 1 is 1.06 bits per heavy atom. The highest BCUT2D eigenvalue weighted by molar-refractivity contribution is 5.85. The number of hydrogen-bond acceptors (Lipinski definition) is 1.